The van der Waals surface area contributed by atoms with E-state index in [-0.39, 0.29) is 11.6 Å². The summed E-state index contributed by atoms with van der Waals surface area (Å²) in [5.74, 6) is -0.317. The lowest BCUT2D eigenvalue weighted by Gasteiger charge is -2.26. The lowest BCUT2D eigenvalue weighted by molar-refractivity contribution is 0.0697. The topological polar surface area (TPSA) is 86.2 Å². The number of aromatic carboxylic acids is 1. The second-order valence-electron chi connectivity index (χ2n) is 7.52. The van der Waals surface area contributed by atoms with Crippen molar-refractivity contribution in [1.29, 1.82) is 0 Å². The van der Waals surface area contributed by atoms with Crippen molar-refractivity contribution in [1.82, 2.24) is 10.2 Å². The molecule has 0 aliphatic carbocycles. The van der Waals surface area contributed by atoms with Gasteiger partial charge in [0.15, 0.2) is 5.96 Å². The lowest BCUT2D eigenvalue weighted by atomic mass is 10.2. The zero-order valence-corrected chi connectivity index (χ0v) is 18.7. The van der Waals surface area contributed by atoms with Crippen molar-refractivity contribution in [3.8, 4) is 0 Å². The molecule has 0 aliphatic rings. The first-order valence-electron chi connectivity index (χ1n) is 10.6. The summed E-state index contributed by atoms with van der Waals surface area (Å²) < 4.78 is 5.11. The van der Waals surface area contributed by atoms with E-state index in [9.17, 15) is 9.90 Å². The molecule has 2 aromatic rings. The maximum atomic E-state index is 11.3. The van der Waals surface area contributed by atoms with E-state index in [0.29, 0.717) is 24.8 Å². The van der Waals surface area contributed by atoms with Crippen molar-refractivity contribution in [2.75, 3.05) is 39.2 Å². The van der Waals surface area contributed by atoms with E-state index < -0.39 is 5.97 Å². The molecule has 0 saturated heterocycles. The van der Waals surface area contributed by atoms with Crippen LogP contribution < -0.4 is 10.6 Å². The number of methoxy groups -OCH3 is 1. The van der Waals surface area contributed by atoms with E-state index in [4.69, 9.17) is 4.74 Å². The van der Waals surface area contributed by atoms with Gasteiger partial charge in [0.2, 0.25) is 0 Å². The fourth-order valence-corrected chi connectivity index (χ4v) is 3.19. The number of carboxylic acid groups (broad SMARTS) is 1. The molecule has 1 unspecified atom stereocenters. The Labute approximate surface area is 185 Å². The van der Waals surface area contributed by atoms with E-state index in [1.165, 1.54) is 5.56 Å². The Balaban J connectivity index is 2.05. The van der Waals surface area contributed by atoms with Crippen LogP contribution in [0.4, 0.5) is 5.69 Å². The Bertz CT molecular complexity index is 827. The predicted octanol–water partition coefficient (Wildman–Crippen LogP) is 3.69. The third-order valence-corrected chi connectivity index (χ3v) is 4.81. The molecule has 0 radical (unpaired) electrons. The van der Waals surface area contributed by atoms with Crippen LogP contribution in [0.1, 0.15) is 35.7 Å². The van der Waals surface area contributed by atoms with E-state index in [1.807, 2.05) is 12.1 Å². The number of carbonyl (C=O) groups is 1. The molecule has 0 aliphatic heterocycles. The molecule has 2 aromatic carbocycles. The summed E-state index contributed by atoms with van der Waals surface area (Å²) in [5.41, 5.74) is 2.20. The van der Waals surface area contributed by atoms with E-state index in [2.05, 4.69) is 58.8 Å². The first-order valence-corrected chi connectivity index (χ1v) is 10.6. The van der Waals surface area contributed by atoms with Crippen LogP contribution in [-0.4, -0.2) is 61.8 Å². The summed E-state index contributed by atoms with van der Waals surface area (Å²) in [6, 6.07) is 17.3. The first-order chi connectivity index (χ1) is 15.0. The number of hydrogen-bond acceptors (Lipinski definition) is 4. The van der Waals surface area contributed by atoms with Crippen LogP contribution in [0.25, 0.3) is 0 Å². The molecule has 0 saturated carbocycles. The standard InChI is InChI=1S/C24H34N4O3/c1-4-21(18-28(2)17-19-10-6-5-7-11-19)26-24(25-14-9-15-31-3)27-22-13-8-12-20(16-22)23(29)30/h5-8,10-13,16,21H,4,9,14-15,17-18H2,1-3H3,(H,29,30)(H2,25,26,27). The van der Waals surface area contributed by atoms with Crippen LogP contribution >= 0.6 is 0 Å². The maximum absolute atomic E-state index is 11.3. The molecule has 2 rings (SSSR count). The second kappa shape index (κ2) is 13.4. The van der Waals surface area contributed by atoms with Crippen molar-refractivity contribution >= 4 is 17.6 Å². The number of anilines is 1. The van der Waals surface area contributed by atoms with E-state index >= 15 is 0 Å². The molecule has 168 valence electrons. The Morgan fingerprint density at radius 1 is 1.19 bits per heavy atom. The van der Waals surface area contributed by atoms with Crippen LogP contribution in [0.5, 0.6) is 0 Å². The van der Waals surface area contributed by atoms with Crippen molar-refractivity contribution in [2.24, 2.45) is 4.99 Å². The average molecular weight is 427 g/mol. The number of likely N-dealkylation sites (N-methyl/N-ethyl adjacent to an activating group) is 1. The van der Waals surface area contributed by atoms with Gasteiger partial charge >= 0.3 is 5.97 Å². The number of ether oxygens (including phenoxy) is 1. The number of nitrogens with zero attached hydrogens (tertiary/aromatic N) is 2. The van der Waals surface area contributed by atoms with Gasteiger partial charge in [-0.25, -0.2) is 4.79 Å². The van der Waals surface area contributed by atoms with Crippen molar-refractivity contribution < 1.29 is 14.6 Å². The predicted molar refractivity (Wildman–Crippen MR) is 126 cm³/mol. The molecule has 7 heteroatoms. The van der Waals surface area contributed by atoms with Gasteiger partial charge in [0, 0.05) is 45.1 Å². The van der Waals surface area contributed by atoms with Gasteiger partial charge in [-0.15, -0.1) is 0 Å². The highest BCUT2D eigenvalue weighted by atomic mass is 16.5. The quantitative estimate of drug-likeness (QED) is 0.273. The van der Waals surface area contributed by atoms with Gasteiger partial charge in [0.1, 0.15) is 0 Å². The third kappa shape index (κ3) is 9.19. The van der Waals surface area contributed by atoms with Crippen molar-refractivity contribution in [3.05, 3.63) is 65.7 Å². The molecule has 1 atom stereocenters. The minimum atomic E-state index is -0.954. The Hall–Kier alpha value is -2.90. The van der Waals surface area contributed by atoms with Gasteiger partial charge in [-0.3, -0.25) is 4.99 Å². The molecule has 7 nitrogen and oxygen atoms in total. The maximum Gasteiger partial charge on any atom is 0.335 e. The molecule has 0 heterocycles. The number of benzene rings is 2. The van der Waals surface area contributed by atoms with Crippen LogP contribution in [0, 0.1) is 0 Å². The van der Waals surface area contributed by atoms with E-state index in [1.54, 1.807) is 25.3 Å². The molecule has 0 amide bonds. The average Bonchev–Trinajstić information content (AvgIpc) is 2.77. The fourth-order valence-electron chi connectivity index (χ4n) is 3.19. The largest absolute Gasteiger partial charge is 0.478 e. The zero-order chi connectivity index (χ0) is 22.5. The van der Waals surface area contributed by atoms with Gasteiger partial charge < -0.3 is 25.4 Å². The molecule has 3 N–H and O–H groups in total. The molecular weight excluding hydrogens is 392 g/mol. The summed E-state index contributed by atoms with van der Waals surface area (Å²) in [6.45, 7) is 5.11. The van der Waals surface area contributed by atoms with Crippen LogP contribution in [0.3, 0.4) is 0 Å². The molecular formula is C24H34N4O3. The summed E-state index contributed by atoms with van der Waals surface area (Å²) in [5, 5.41) is 16.0. The van der Waals surface area contributed by atoms with Gasteiger partial charge in [0.25, 0.3) is 0 Å². The minimum Gasteiger partial charge on any atom is -0.478 e. The van der Waals surface area contributed by atoms with Gasteiger partial charge in [-0.05, 0) is 43.7 Å². The Morgan fingerprint density at radius 3 is 2.65 bits per heavy atom. The highest BCUT2D eigenvalue weighted by Gasteiger charge is 2.13. The third-order valence-electron chi connectivity index (χ3n) is 4.81. The first kappa shape index (κ1) is 24.4. The van der Waals surface area contributed by atoms with Crippen LogP contribution in [-0.2, 0) is 11.3 Å². The summed E-state index contributed by atoms with van der Waals surface area (Å²) >= 11 is 0. The van der Waals surface area contributed by atoms with Gasteiger partial charge in [-0.1, -0.05) is 43.3 Å². The fraction of sp³-hybridized carbons (Fsp3) is 0.417. The lowest BCUT2D eigenvalue weighted by Crippen LogP contribution is -2.45. The van der Waals surface area contributed by atoms with Gasteiger partial charge in [0.05, 0.1) is 5.56 Å². The summed E-state index contributed by atoms with van der Waals surface area (Å²) in [6.07, 6.45) is 1.73. The number of aliphatic imine (C=N–C) groups is 1. The minimum absolute atomic E-state index is 0.185. The smallest absolute Gasteiger partial charge is 0.335 e. The molecule has 0 spiro atoms. The zero-order valence-electron chi connectivity index (χ0n) is 18.7. The summed E-state index contributed by atoms with van der Waals surface area (Å²) in [7, 11) is 3.78. The van der Waals surface area contributed by atoms with E-state index in [0.717, 1.165) is 25.9 Å². The molecule has 0 aromatic heterocycles. The van der Waals surface area contributed by atoms with Gasteiger partial charge in [-0.2, -0.15) is 0 Å². The Kier molecular flexibility index (Phi) is 10.5. The van der Waals surface area contributed by atoms with Crippen molar-refractivity contribution in [2.45, 2.75) is 32.4 Å². The van der Waals surface area contributed by atoms with Crippen LogP contribution in [0.2, 0.25) is 0 Å². The highest BCUT2D eigenvalue weighted by molar-refractivity contribution is 5.95. The number of hydrogen-bond donors (Lipinski definition) is 3. The molecule has 0 fully saturated rings. The second-order valence-corrected chi connectivity index (χ2v) is 7.52. The normalized spacial score (nSPS) is 12.6. The molecule has 31 heavy (non-hydrogen) atoms. The monoisotopic (exact) mass is 426 g/mol. The number of guanidine groups is 1. The Morgan fingerprint density at radius 2 is 1.97 bits per heavy atom. The number of nitrogens with one attached hydrogen (secondary N) is 2. The van der Waals surface area contributed by atoms with Crippen molar-refractivity contribution in [3.63, 3.8) is 0 Å². The number of carboxylic acids is 1. The summed E-state index contributed by atoms with van der Waals surface area (Å²) in [4.78, 5) is 18.2. The molecule has 0 bridgehead atoms. The SMILES string of the molecule is CCC(CN(C)Cc1ccccc1)NC(=NCCCOC)Nc1cccc(C(=O)O)c1. The van der Waals surface area contributed by atoms with Crippen LogP contribution in [0.15, 0.2) is 59.6 Å². The highest BCUT2D eigenvalue weighted by Crippen LogP contribution is 2.11. The number of rotatable bonds is 12.